The van der Waals surface area contributed by atoms with Crippen molar-refractivity contribution < 1.29 is 13.0 Å². The van der Waals surface area contributed by atoms with E-state index in [0.717, 1.165) is 25.3 Å². The Morgan fingerprint density at radius 1 is 1.19 bits per heavy atom. The third-order valence-corrected chi connectivity index (χ3v) is 8.52. The number of thioether (sulfide) groups is 1. The number of thiazole rings is 1. The molecule has 0 aliphatic heterocycles. The molecule has 0 aliphatic carbocycles. The van der Waals surface area contributed by atoms with Crippen molar-refractivity contribution >= 4 is 60.4 Å². The second kappa shape index (κ2) is 10.3. The Morgan fingerprint density at radius 2 is 1.87 bits per heavy atom. The number of nitrogens with one attached hydrogen (secondary N) is 2. The molecule has 2 aromatic heterocycles. The molecule has 5 nitrogen and oxygen atoms in total. The highest BCUT2D eigenvalue weighted by atomic mass is 79.9. The van der Waals surface area contributed by atoms with Crippen molar-refractivity contribution in [1.82, 2.24) is 20.0 Å². The van der Waals surface area contributed by atoms with Crippen LogP contribution in [-0.2, 0) is 24.0 Å². The van der Waals surface area contributed by atoms with Gasteiger partial charge in [-0.25, -0.2) is 27.7 Å². The van der Waals surface area contributed by atoms with Crippen molar-refractivity contribution in [3.05, 3.63) is 51.6 Å². The lowest BCUT2D eigenvalue weighted by molar-refractivity contribution is 0.475. The Balaban J connectivity index is 1.81. The van der Waals surface area contributed by atoms with Crippen LogP contribution >= 0.6 is 39.0 Å². The number of pyridine rings is 1. The Bertz CT molecular complexity index is 1080. The summed E-state index contributed by atoms with van der Waals surface area (Å²) in [5.41, 5.74) is 1.87. The van der Waals surface area contributed by atoms with Gasteiger partial charge in [0, 0.05) is 23.5 Å². The molecule has 0 amide bonds. The highest BCUT2D eigenvalue weighted by Gasteiger charge is 2.23. The third-order valence-electron chi connectivity index (χ3n) is 4.25. The van der Waals surface area contributed by atoms with E-state index in [1.165, 1.54) is 12.1 Å². The first-order chi connectivity index (χ1) is 14.5. The van der Waals surface area contributed by atoms with Gasteiger partial charge in [-0.05, 0) is 66.7 Å². The van der Waals surface area contributed by atoms with Gasteiger partial charge in [-0.2, -0.15) is 0 Å². The smallest absolute Gasteiger partial charge is 0.171 e. The summed E-state index contributed by atoms with van der Waals surface area (Å²) in [6.07, 6.45) is 1.71. The number of halogens is 3. The first-order valence-corrected chi connectivity index (χ1v) is 13.4. The van der Waals surface area contributed by atoms with E-state index in [-0.39, 0.29) is 6.42 Å². The maximum absolute atomic E-state index is 13.6. The number of hydrogen-bond donors (Lipinski definition) is 2. The first-order valence-electron chi connectivity index (χ1n) is 9.41. The molecule has 2 heterocycles. The lowest BCUT2D eigenvalue weighted by Crippen LogP contribution is -2.48. The minimum absolute atomic E-state index is 0.240. The molecule has 0 bridgehead atoms. The largest absolute Gasteiger partial charge is 0.295 e. The number of benzene rings is 1. The van der Waals surface area contributed by atoms with E-state index < -0.39 is 33.5 Å². The standard InChI is InChI=1S/C20H23BrF2N4OS3/c1-20(2,3)31(28)27-17(7-11-5-12(22)8-13(23)6-11)24-10-15-14(21)9-16-18(25-15)26-19(29-4)30-16/h5-6,8-9,17,24,27H,7,10H2,1-4H3/t17?,31-/m0/s1. The summed E-state index contributed by atoms with van der Waals surface area (Å²) < 4.78 is 45.3. The summed E-state index contributed by atoms with van der Waals surface area (Å²) >= 11 is 6.70. The molecule has 168 valence electrons. The third kappa shape index (κ3) is 6.75. The maximum Gasteiger partial charge on any atom is 0.171 e. The minimum atomic E-state index is -1.38. The van der Waals surface area contributed by atoms with E-state index in [4.69, 9.17) is 0 Å². The fourth-order valence-corrected chi connectivity index (χ4v) is 5.56. The van der Waals surface area contributed by atoms with Crippen LogP contribution in [0.3, 0.4) is 0 Å². The van der Waals surface area contributed by atoms with Crippen molar-refractivity contribution in [2.45, 2.75) is 49.0 Å². The summed E-state index contributed by atoms with van der Waals surface area (Å²) in [4.78, 5) is 9.13. The Labute approximate surface area is 199 Å². The van der Waals surface area contributed by atoms with Crippen LogP contribution in [0, 0.1) is 11.6 Å². The monoisotopic (exact) mass is 548 g/mol. The van der Waals surface area contributed by atoms with Crippen molar-refractivity contribution in [2.24, 2.45) is 0 Å². The zero-order chi connectivity index (χ0) is 22.8. The van der Waals surface area contributed by atoms with Crippen molar-refractivity contribution in [1.29, 1.82) is 0 Å². The number of nitrogens with zero attached hydrogens (tertiary/aromatic N) is 2. The molecule has 2 N–H and O–H groups in total. The predicted octanol–water partition coefficient (Wildman–Crippen LogP) is 5.16. The molecule has 0 radical (unpaired) electrons. The fraction of sp³-hybridized carbons (Fsp3) is 0.400. The Kier molecular flexibility index (Phi) is 8.20. The molecule has 1 aromatic carbocycles. The molecule has 0 fully saturated rings. The molecule has 0 spiro atoms. The summed E-state index contributed by atoms with van der Waals surface area (Å²) in [5, 5.41) is 3.28. The van der Waals surface area contributed by atoms with Gasteiger partial charge in [0.2, 0.25) is 0 Å². The summed E-state index contributed by atoms with van der Waals surface area (Å²) in [5.74, 6) is -1.29. The Hall–Kier alpha value is -0.980. The lowest BCUT2D eigenvalue weighted by Gasteiger charge is -2.25. The molecule has 0 aliphatic rings. The summed E-state index contributed by atoms with van der Waals surface area (Å²) in [6.45, 7) is 5.91. The average molecular weight is 550 g/mol. The summed E-state index contributed by atoms with van der Waals surface area (Å²) in [7, 11) is -1.38. The van der Waals surface area contributed by atoms with Crippen LogP contribution in [0.4, 0.5) is 8.78 Å². The zero-order valence-electron chi connectivity index (χ0n) is 17.5. The van der Waals surface area contributed by atoms with Gasteiger partial charge in [-0.15, -0.1) is 11.3 Å². The zero-order valence-corrected chi connectivity index (χ0v) is 21.5. The lowest BCUT2D eigenvalue weighted by atomic mass is 10.1. The highest BCUT2D eigenvalue weighted by molar-refractivity contribution is 9.10. The topological polar surface area (TPSA) is 66.9 Å². The van der Waals surface area contributed by atoms with E-state index >= 15 is 0 Å². The van der Waals surface area contributed by atoms with Crippen LogP contribution in [0.1, 0.15) is 32.0 Å². The second-order valence-electron chi connectivity index (χ2n) is 7.84. The minimum Gasteiger partial charge on any atom is -0.295 e. The maximum atomic E-state index is 13.6. The SMILES string of the molecule is CSc1nc2nc(CNC(Cc3cc(F)cc(F)c3)N[S@@](=O)C(C)(C)C)c(Br)cc2s1. The van der Waals surface area contributed by atoms with Gasteiger partial charge < -0.3 is 0 Å². The molecular weight excluding hydrogens is 526 g/mol. The number of hydrogen-bond acceptors (Lipinski definition) is 6. The molecule has 2 atom stereocenters. The second-order valence-corrected chi connectivity index (χ2v) is 12.8. The van der Waals surface area contributed by atoms with Crippen LogP contribution < -0.4 is 10.0 Å². The van der Waals surface area contributed by atoms with E-state index in [1.54, 1.807) is 23.1 Å². The number of aromatic nitrogens is 2. The highest BCUT2D eigenvalue weighted by Crippen LogP contribution is 2.30. The van der Waals surface area contributed by atoms with Crippen LogP contribution in [0.25, 0.3) is 10.3 Å². The van der Waals surface area contributed by atoms with Crippen molar-refractivity contribution in [2.75, 3.05) is 6.26 Å². The van der Waals surface area contributed by atoms with Crippen LogP contribution in [0.15, 0.2) is 33.1 Å². The Morgan fingerprint density at radius 3 is 2.48 bits per heavy atom. The average Bonchev–Trinajstić information content (AvgIpc) is 3.06. The molecule has 0 saturated heterocycles. The molecule has 0 saturated carbocycles. The van der Waals surface area contributed by atoms with Gasteiger partial charge in [0.05, 0.1) is 32.3 Å². The van der Waals surface area contributed by atoms with Gasteiger partial charge in [-0.3, -0.25) is 5.32 Å². The molecule has 11 heteroatoms. The number of fused-ring (bicyclic) bond motifs is 1. The molecule has 3 aromatic rings. The predicted molar refractivity (Wildman–Crippen MR) is 129 cm³/mol. The van der Waals surface area contributed by atoms with Crippen molar-refractivity contribution in [3.8, 4) is 0 Å². The molecule has 1 unspecified atom stereocenters. The molecule has 3 rings (SSSR count). The molecular formula is C20H23BrF2N4OS3. The van der Waals surface area contributed by atoms with E-state index in [1.807, 2.05) is 33.1 Å². The van der Waals surface area contributed by atoms with Crippen LogP contribution in [0.2, 0.25) is 0 Å². The van der Waals surface area contributed by atoms with Gasteiger partial charge in [-0.1, -0.05) is 11.8 Å². The molecule has 31 heavy (non-hydrogen) atoms. The first kappa shape index (κ1) is 24.7. The van der Waals surface area contributed by atoms with E-state index in [9.17, 15) is 13.0 Å². The quantitative estimate of drug-likeness (QED) is 0.300. The van der Waals surface area contributed by atoms with Crippen LogP contribution in [-0.4, -0.2) is 31.3 Å². The van der Waals surface area contributed by atoms with Gasteiger partial charge in [0.1, 0.15) is 11.6 Å². The van der Waals surface area contributed by atoms with Gasteiger partial charge in [0.15, 0.2) is 9.99 Å². The van der Waals surface area contributed by atoms with E-state index in [0.29, 0.717) is 17.8 Å². The normalized spacial score (nSPS) is 14.2. The van der Waals surface area contributed by atoms with Crippen molar-refractivity contribution in [3.63, 3.8) is 0 Å². The fourth-order valence-electron chi connectivity index (χ4n) is 2.71. The summed E-state index contributed by atoms with van der Waals surface area (Å²) in [6, 6.07) is 5.37. The van der Waals surface area contributed by atoms with E-state index in [2.05, 4.69) is 35.9 Å². The van der Waals surface area contributed by atoms with Gasteiger partial charge >= 0.3 is 0 Å². The number of rotatable bonds is 8. The van der Waals surface area contributed by atoms with Crippen LogP contribution in [0.5, 0.6) is 0 Å². The van der Waals surface area contributed by atoms with Gasteiger partial charge in [0.25, 0.3) is 0 Å².